The van der Waals surface area contributed by atoms with Gasteiger partial charge < -0.3 is 9.64 Å². The highest BCUT2D eigenvalue weighted by molar-refractivity contribution is 8.00. The number of rotatable bonds is 6. The molecule has 32 heavy (non-hydrogen) atoms. The summed E-state index contributed by atoms with van der Waals surface area (Å²) in [5, 5.41) is 0.632. The highest BCUT2D eigenvalue weighted by Gasteiger charge is 2.28. The fraction of sp³-hybridized carbons (Fsp3) is 0.400. The van der Waals surface area contributed by atoms with E-state index >= 15 is 0 Å². The van der Waals surface area contributed by atoms with E-state index < -0.39 is 0 Å². The number of carbonyl (C=O) groups is 1. The Balaban J connectivity index is 1.74. The lowest BCUT2D eigenvalue weighted by Crippen LogP contribution is -2.42. The summed E-state index contributed by atoms with van der Waals surface area (Å²) in [6.45, 7) is 1.89. The standard InChI is InChI=1S/C25H29N3O3S/c1-17(23(29)27(2)18-11-5-4-6-12-18)32-25-26-20-14-8-7-13-19(20)24(30)28(25)21-15-9-10-16-22(21)31-3/h7-10,13-18H,4-6,11-12H2,1-3H3. The molecule has 0 spiro atoms. The molecule has 1 unspecified atom stereocenters. The van der Waals surface area contributed by atoms with E-state index in [1.807, 2.05) is 61.3 Å². The second kappa shape index (κ2) is 9.77. The Bertz CT molecular complexity index is 1170. The highest BCUT2D eigenvalue weighted by Crippen LogP contribution is 2.30. The number of carbonyl (C=O) groups excluding carboxylic acids is 1. The molecule has 7 heteroatoms. The van der Waals surface area contributed by atoms with Crippen molar-refractivity contribution in [2.45, 2.75) is 55.5 Å². The van der Waals surface area contributed by atoms with Crippen molar-refractivity contribution >= 4 is 28.6 Å². The molecule has 1 saturated carbocycles. The van der Waals surface area contributed by atoms with Gasteiger partial charge in [-0.25, -0.2) is 4.98 Å². The first-order valence-corrected chi connectivity index (χ1v) is 12.0. The van der Waals surface area contributed by atoms with Gasteiger partial charge in [0.1, 0.15) is 5.75 Å². The first-order chi connectivity index (χ1) is 15.5. The summed E-state index contributed by atoms with van der Waals surface area (Å²) in [5.74, 6) is 0.641. The maximum atomic E-state index is 13.5. The molecule has 0 N–H and O–H groups in total. The maximum absolute atomic E-state index is 13.5. The molecule has 1 fully saturated rings. The van der Waals surface area contributed by atoms with Gasteiger partial charge in [-0.2, -0.15) is 0 Å². The van der Waals surface area contributed by atoms with E-state index in [0.29, 0.717) is 33.5 Å². The molecule has 1 atom stereocenters. The Labute approximate surface area is 192 Å². The first-order valence-electron chi connectivity index (χ1n) is 11.1. The summed E-state index contributed by atoms with van der Waals surface area (Å²) in [6.07, 6.45) is 5.70. The predicted molar refractivity (Wildman–Crippen MR) is 129 cm³/mol. The third-order valence-electron chi connectivity index (χ3n) is 6.17. The summed E-state index contributed by atoms with van der Waals surface area (Å²) in [4.78, 5) is 33.4. The monoisotopic (exact) mass is 451 g/mol. The van der Waals surface area contributed by atoms with E-state index in [-0.39, 0.29) is 16.7 Å². The topological polar surface area (TPSA) is 64.4 Å². The minimum atomic E-state index is -0.379. The predicted octanol–water partition coefficient (Wildman–Crippen LogP) is 4.67. The molecular weight excluding hydrogens is 422 g/mol. The normalized spacial score (nSPS) is 15.5. The molecule has 2 aromatic carbocycles. The number of aromatic nitrogens is 2. The van der Waals surface area contributed by atoms with Crippen molar-refractivity contribution in [3.63, 3.8) is 0 Å². The number of thioether (sulfide) groups is 1. The smallest absolute Gasteiger partial charge is 0.266 e. The number of ether oxygens (including phenoxy) is 1. The third kappa shape index (κ3) is 4.39. The van der Waals surface area contributed by atoms with Crippen molar-refractivity contribution < 1.29 is 9.53 Å². The van der Waals surface area contributed by atoms with Gasteiger partial charge in [0, 0.05) is 13.1 Å². The van der Waals surface area contributed by atoms with Crippen LogP contribution >= 0.6 is 11.8 Å². The van der Waals surface area contributed by atoms with Crippen molar-refractivity contribution in [2.24, 2.45) is 0 Å². The molecule has 1 heterocycles. The molecule has 0 aliphatic heterocycles. The molecule has 1 amide bonds. The van der Waals surface area contributed by atoms with Gasteiger partial charge in [0.15, 0.2) is 5.16 Å². The van der Waals surface area contributed by atoms with Gasteiger partial charge in [-0.1, -0.05) is 55.3 Å². The minimum Gasteiger partial charge on any atom is -0.495 e. The van der Waals surface area contributed by atoms with E-state index in [2.05, 4.69) is 0 Å². The zero-order valence-corrected chi connectivity index (χ0v) is 19.6. The zero-order valence-electron chi connectivity index (χ0n) is 18.8. The van der Waals surface area contributed by atoms with Crippen molar-refractivity contribution in [3.05, 3.63) is 58.9 Å². The Hall–Kier alpha value is -2.80. The van der Waals surface area contributed by atoms with Crippen LogP contribution in [0.3, 0.4) is 0 Å². The third-order valence-corrected chi connectivity index (χ3v) is 7.21. The van der Waals surface area contributed by atoms with Crippen molar-refractivity contribution in [1.82, 2.24) is 14.5 Å². The SMILES string of the molecule is COc1ccccc1-n1c(SC(C)C(=O)N(C)C2CCCCC2)nc2ccccc2c1=O. The molecule has 1 aromatic heterocycles. The Morgan fingerprint density at radius 1 is 1.12 bits per heavy atom. The van der Waals surface area contributed by atoms with E-state index in [1.54, 1.807) is 17.7 Å². The van der Waals surface area contributed by atoms with Crippen LogP contribution in [-0.2, 0) is 4.79 Å². The number of hydrogen-bond acceptors (Lipinski definition) is 5. The number of para-hydroxylation sites is 3. The van der Waals surface area contributed by atoms with Crippen molar-refractivity contribution in [3.8, 4) is 11.4 Å². The summed E-state index contributed by atoms with van der Waals surface area (Å²) in [6, 6.07) is 15.0. The number of hydrogen-bond donors (Lipinski definition) is 0. The van der Waals surface area contributed by atoms with Gasteiger partial charge in [-0.15, -0.1) is 0 Å². The molecule has 1 aliphatic rings. The number of fused-ring (bicyclic) bond motifs is 1. The Morgan fingerprint density at radius 3 is 2.56 bits per heavy atom. The molecule has 4 rings (SSSR count). The lowest BCUT2D eigenvalue weighted by Gasteiger charge is -2.32. The van der Waals surface area contributed by atoms with E-state index in [9.17, 15) is 9.59 Å². The lowest BCUT2D eigenvalue weighted by molar-refractivity contribution is -0.131. The first kappa shape index (κ1) is 22.4. The van der Waals surface area contributed by atoms with Crippen LogP contribution in [0, 0.1) is 0 Å². The van der Waals surface area contributed by atoms with Crippen molar-refractivity contribution in [1.29, 1.82) is 0 Å². The molecule has 0 saturated heterocycles. The van der Waals surface area contributed by atoms with Crippen LogP contribution in [0.1, 0.15) is 39.0 Å². The maximum Gasteiger partial charge on any atom is 0.266 e. The Kier molecular flexibility index (Phi) is 6.84. The van der Waals surface area contributed by atoms with E-state index in [1.165, 1.54) is 31.0 Å². The lowest BCUT2D eigenvalue weighted by atomic mass is 9.94. The fourth-order valence-corrected chi connectivity index (χ4v) is 5.38. The van der Waals surface area contributed by atoms with Gasteiger partial charge in [0.2, 0.25) is 5.91 Å². The van der Waals surface area contributed by atoms with Gasteiger partial charge in [-0.3, -0.25) is 14.2 Å². The number of methoxy groups -OCH3 is 1. The van der Waals surface area contributed by atoms with Gasteiger partial charge in [0.05, 0.1) is 29.0 Å². The molecule has 1 aliphatic carbocycles. The molecule has 0 radical (unpaired) electrons. The average Bonchev–Trinajstić information content (AvgIpc) is 2.84. The van der Waals surface area contributed by atoms with Gasteiger partial charge in [0.25, 0.3) is 5.56 Å². The second-order valence-electron chi connectivity index (χ2n) is 8.22. The highest BCUT2D eigenvalue weighted by atomic mass is 32.2. The van der Waals surface area contributed by atoms with Crippen LogP contribution in [-0.4, -0.2) is 45.8 Å². The van der Waals surface area contributed by atoms with Gasteiger partial charge in [-0.05, 0) is 44.0 Å². The fourth-order valence-electron chi connectivity index (χ4n) is 4.36. The van der Waals surface area contributed by atoms with E-state index in [0.717, 1.165) is 12.8 Å². The molecule has 168 valence electrons. The van der Waals surface area contributed by atoms with Crippen LogP contribution in [0.5, 0.6) is 5.75 Å². The summed E-state index contributed by atoms with van der Waals surface area (Å²) >= 11 is 1.32. The zero-order chi connectivity index (χ0) is 22.7. The summed E-state index contributed by atoms with van der Waals surface area (Å²) < 4.78 is 7.09. The van der Waals surface area contributed by atoms with E-state index in [4.69, 9.17) is 9.72 Å². The average molecular weight is 452 g/mol. The summed E-state index contributed by atoms with van der Waals surface area (Å²) in [5.41, 5.74) is 1.05. The molecule has 6 nitrogen and oxygen atoms in total. The molecule has 3 aromatic rings. The number of nitrogens with zero attached hydrogens (tertiary/aromatic N) is 3. The Morgan fingerprint density at radius 2 is 1.81 bits per heavy atom. The van der Waals surface area contributed by atoms with Crippen LogP contribution in [0.4, 0.5) is 0 Å². The summed E-state index contributed by atoms with van der Waals surface area (Å²) in [7, 11) is 3.48. The van der Waals surface area contributed by atoms with Gasteiger partial charge >= 0.3 is 0 Å². The molecule has 0 bridgehead atoms. The van der Waals surface area contributed by atoms with Crippen LogP contribution in [0.15, 0.2) is 58.5 Å². The van der Waals surface area contributed by atoms with Crippen molar-refractivity contribution in [2.75, 3.05) is 14.2 Å². The number of benzene rings is 2. The quantitative estimate of drug-likeness (QED) is 0.403. The molecular formula is C25H29N3O3S. The van der Waals surface area contributed by atoms with Crippen LogP contribution in [0.25, 0.3) is 16.6 Å². The number of amides is 1. The largest absolute Gasteiger partial charge is 0.495 e. The minimum absolute atomic E-state index is 0.0656. The van der Waals surface area contributed by atoms with Crippen LogP contribution in [0.2, 0.25) is 0 Å². The van der Waals surface area contributed by atoms with Crippen LogP contribution < -0.4 is 10.3 Å². The second-order valence-corrected chi connectivity index (χ2v) is 9.53.